The quantitative estimate of drug-likeness (QED) is 0.659. The molecule has 0 bridgehead atoms. The van der Waals surface area contributed by atoms with Gasteiger partial charge in [-0.25, -0.2) is 0 Å². The number of ketones is 1. The predicted molar refractivity (Wildman–Crippen MR) is 100 cm³/mol. The fourth-order valence-electron chi connectivity index (χ4n) is 3.50. The Morgan fingerprint density at radius 2 is 2.00 bits per heavy atom. The van der Waals surface area contributed by atoms with Gasteiger partial charge in [0.1, 0.15) is 30.0 Å². The molecule has 1 aromatic carbocycles. The molecule has 27 heavy (non-hydrogen) atoms. The number of hydrogen-bond acceptors (Lipinski definition) is 6. The molecule has 1 fully saturated rings. The normalized spacial score (nSPS) is 17.6. The van der Waals surface area contributed by atoms with E-state index in [-0.39, 0.29) is 23.8 Å². The fraction of sp³-hybridized carbons (Fsp3) is 0.500. The van der Waals surface area contributed by atoms with E-state index in [4.69, 9.17) is 14.2 Å². The Bertz CT molecular complexity index is 934. The third kappa shape index (κ3) is 3.27. The lowest BCUT2D eigenvalue weighted by Crippen LogP contribution is -2.61. The first-order valence-electron chi connectivity index (χ1n) is 9.04. The van der Waals surface area contributed by atoms with Crippen molar-refractivity contribution >= 4 is 28.3 Å². The van der Waals surface area contributed by atoms with Crippen LogP contribution in [0.15, 0.2) is 18.3 Å². The molecule has 1 spiro atoms. The van der Waals surface area contributed by atoms with Gasteiger partial charge in [0.15, 0.2) is 5.78 Å². The number of aromatic nitrogens is 1. The van der Waals surface area contributed by atoms with Crippen LogP contribution in [0.3, 0.4) is 0 Å². The Balaban J connectivity index is 1.73. The summed E-state index contributed by atoms with van der Waals surface area (Å²) in [6.07, 6.45) is 1.71. The first-order valence-corrected chi connectivity index (χ1v) is 9.04. The van der Waals surface area contributed by atoms with Gasteiger partial charge in [0, 0.05) is 23.2 Å². The highest BCUT2D eigenvalue weighted by molar-refractivity contribution is 6.08. The molecule has 1 saturated heterocycles. The second kappa shape index (κ2) is 5.99. The molecule has 4 rings (SSSR count). The Morgan fingerprint density at radius 1 is 1.26 bits per heavy atom. The zero-order valence-electron chi connectivity index (χ0n) is 16.0. The van der Waals surface area contributed by atoms with Crippen LogP contribution in [0.1, 0.15) is 38.1 Å². The van der Waals surface area contributed by atoms with E-state index in [2.05, 4.69) is 5.32 Å². The van der Waals surface area contributed by atoms with E-state index in [9.17, 15) is 9.59 Å². The van der Waals surface area contributed by atoms with Crippen LogP contribution in [0.4, 0.5) is 5.69 Å². The van der Waals surface area contributed by atoms with Crippen LogP contribution in [0, 0.1) is 0 Å². The summed E-state index contributed by atoms with van der Waals surface area (Å²) in [5.74, 6) is 0.303. The maximum absolute atomic E-state index is 12.3. The second-order valence-corrected chi connectivity index (χ2v) is 8.37. The van der Waals surface area contributed by atoms with E-state index < -0.39 is 5.60 Å². The van der Waals surface area contributed by atoms with Crippen LogP contribution in [0.5, 0.6) is 5.75 Å². The number of fused-ring (bicyclic) bond motifs is 2. The van der Waals surface area contributed by atoms with Crippen molar-refractivity contribution in [2.45, 2.75) is 45.4 Å². The average molecular weight is 372 g/mol. The molecule has 1 N–H and O–H groups in total. The number of hydrogen-bond donors (Lipinski definition) is 1. The number of rotatable bonds is 3. The van der Waals surface area contributed by atoms with Gasteiger partial charge < -0.3 is 24.1 Å². The minimum absolute atomic E-state index is 0.0328. The molecule has 0 amide bonds. The van der Waals surface area contributed by atoms with Gasteiger partial charge in [0.2, 0.25) is 0 Å². The van der Waals surface area contributed by atoms with Crippen molar-refractivity contribution in [3.63, 3.8) is 0 Å². The highest BCUT2D eigenvalue weighted by Gasteiger charge is 2.42. The second-order valence-electron chi connectivity index (χ2n) is 8.37. The number of esters is 1. The predicted octanol–water partition coefficient (Wildman–Crippen LogP) is 2.76. The summed E-state index contributed by atoms with van der Waals surface area (Å²) in [6, 6.07) is 3.80. The molecule has 2 aliphatic rings. The lowest BCUT2D eigenvalue weighted by Gasteiger charge is -2.45. The summed E-state index contributed by atoms with van der Waals surface area (Å²) in [5.41, 5.74) is 1.44. The van der Waals surface area contributed by atoms with Crippen molar-refractivity contribution in [2.24, 2.45) is 0 Å². The van der Waals surface area contributed by atoms with Gasteiger partial charge in [0.05, 0.1) is 24.4 Å². The van der Waals surface area contributed by atoms with E-state index >= 15 is 0 Å². The maximum Gasteiger partial charge on any atom is 0.326 e. The van der Waals surface area contributed by atoms with E-state index in [0.717, 1.165) is 16.6 Å². The van der Waals surface area contributed by atoms with Gasteiger partial charge in [-0.1, -0.05) is 0 Å². The van der Waals surface area contributed by atoms with Crippen LogP contribution in [-0.2, 0) is 20.8 Å². The van der Waals surface area contributed by atoms with Gasteiger partial charge in [0.25, 0.3) is 0 Å². The third-order valence-corrected chi connectivity index (χ3v) is 4.74. The Hall–Kier alpha value is -2.54. The molecule has 7 heteroatoms. The average Bonchev–Trinajstić information content (AvgIpc) is 2.87. The molecule has 2 aromatic rings. The van der Waals surface area contributed by atoms with Crippen molar-refractivity contribution in [3.8, 4) is 5.75 Å². The first-order chi connectivity index (χ1) is 12.7. The Kier molecular flexibility index (Phi) is 3.96. The Morgan fingerprint density at radius 3 is 2.59 bits per heavy atom. The minimum atomic E-state index is -0.561. The molecule has 0 aliphatic carbocycles. The van der Waals surface area contributed by atoms with Gasteiger partial charge in [-0.2, -0.15) is 0 Å². The highest BCUT2D eigenvalue weighted by Crippen LogP contribution is 2.40. The summed E-state index contributed by atoms with van der Waals surface area (Å²) < 4.78 is 18.4. The minimum Gasteiger partial charge on any atom is -0.489 e. The van der Waals surface area contributed by atoms with E-state index in [1.54, 1.807) is 10.8 Å². The molecule has 1 aromatic heterocycles. The van der Waals surface area contributed by atoms with Crippen LogP contribution < -0.4 is 10.1 Å². The molecule has 0 atom stereocenters. The van der Waals surface area contributed by atoms with Gasteiger partial charge in [-0.3, -0.25) is 9.59 Å². The Labute approximate surface area is 157 Å². The largest absolute Gasteiger partial charge is 0.489 e. The number of carbonyl (C=O) groups is 2. The topological polar surface area (TPSA) is 78.8 Å². The van der Waals surface area contributed by atoms with Crippen molar-refractivity contribution < 1.29 is 23.8 Å². The molecule has 0 saturated carbocycles. The molecule has 144 valence electrons. The first kappa shape index (κ1) is 17.9. The standard InChI is InChI=1S/C20H24N2O5/c1-12(23)14-7-22(8-18(24)27-19(2,3)4)16-6-17-15(5-13(14)16)21-20(11-26-17)9-25-10-20/h5-7,21H,8-11H2,1-4H3. The number of carbonyl (C=O) groups excluding carboxylic acids is 2. The number of nitrogens with zero attached hydrogens (tertiary/aromatic N) is 1. The van der Waals surface area contributed by atoms with Crippen molar-refractivity contribution in [1.29, 1.82) is 0 Å². The van der Waals surface area contributed by atoms with E-state index in [1.165, 1.54) is 6.92 Å². The van der Waals surface area contributed by atoms with E-state index in [0.29, 0.717) is 31.1 Å². The summed E-state index contributed by atoms with van der Waals surface area (Å²) in [6.45, 7) is 8.77. The van der Waals surface area contributed by atoms with Crippen molar-refractivity contribution in [3.05, 3.63) is 23.9 Å². The molecule has 7 nitrogen and oxygen atoms in total. The van der Waals surface area contributed by atoms with Crippen molar-refractivity contribution in [1.82, 2.24) is 4.57 Å². The zero-order chi connectivity index (χ0) is 19.4. The maximum atomic E-state index is 12.3. The SMILES string of the molecule is CC(=O)c1cn(CC(=O)OC(C)(C)C)c2cc3c(cc12)NC1(COC1)CO3. The van der Waals surface area contributed by atoms with Gasteiger partial charge >= 0.3 is 5.97 Å². The third-order valence-electron chi connectivity index (χ3n) is 4.74. The van der Waals surface area contributed by atoms with Crippen LogP contribution in [0.2, 0.25) is 0 Å². The van der Waals surface area contributed by atoms with Crippen LogP contribution >= 0.6 is 0 Å². The lowest BCUT2D eigenvalue weighted by atomic mass is 9.96. The highest BCUT2D eigenvalue weighted by atomic mass is 16.6. The van der Waals surface area contributed by atoms with Gasteiger partial charge in [-0.05, 0) is 33.8 Å². The summed E-state index contributed by atoms with van der Waals surface area (Å²) in [4.78, 5) is 24.4. The van der Waals surface area contributed by atoms with Crippen molar-refractivity contribution in [2.75, 3.05) is 25.1 Å². The molecule has 3 heterocycles. The van der Waals surface area contributed by atoms with Crippen LogP contribution in [-0.4, -0.2) is 47.3 Å². The summed E-state index contributed by atoms with van der Waals surface area (Å²) >= 11 is 0. The molecular formula is C20H24N2O5. The smallest absolute Gasteiger partial charge is 0.326 e. The summed E-state index contributed by atoms with van der Waals surface area (Å²) in [5, 5.41) is 4.28. The number of nitrogens with one attached hydrogen (secondary N) is 1. The monoisotopic (exact) mass is 372 g/mol. The molecule has 0 radical (unpaired) electrons. The molecule has 2 aliphatic heterocycles. The number of Topliss-reactive ketones (excluding diaryl/α,β-unsaturated/α-hetero) is 1. The lowest BCUT2D eigenvalue weighted by molar-refractivity contribution is -0.155. The molecule has 0 unspecified atom stereocenters. The fourth-order valence-corrected chi connectivity index (χ4v) is 3.50. The van der Waals surface area contributed by atoms with E-state index in [1.807, 2.05) is 32.9 Å². The number of anilines is 1. The summed E-state index contributed by atoms with van der Waals surface area (Å²) in [7, 11) is 0. The number of ether oxygens (including phenoxy) is 3. The molecular weight excluding hydrogens is 348 g/mol. The number of benzene rings is 1. The zero-order valence-corrected chi connectivity index (χ0v) is 16.0. The van der Waals surface area contributed by atoms with Crippen LogP contribution in [0.25, 0.3) is 10.9 Å². The van der Waals surface area contributed by atoms with Gasteiger partial charge in [-0.15, -0.1) is 0 Å².